The Morgan fingerprint density at radius 1 is 1.13 bits per heavy atom. The van der Waals surface area contributed by atoms with Crippen molar-refractivity contribution in [2.45, 2.75) is 19.3 Å². The van der Waals surface area contributed by atoms with Gasteiger partial charge >= 0.3 is 0 Å². The van der Waals surface area contributed by atoms with Gasteiger partial charge in [-0.2, -0.15) is 0 Å². The molecule has 0 radical (unpaired) electrons. The molecule has 0 bridgehead atoms. The number of pyridine rings is 1. The number of nitrogens with one attached hydrogen (secondary N) is 1. The highest BCUT2D eigenvalue weighted by atomic mass is 16.2. The molecule has 0 atom stereocenters. The van der Waals surface area contributed by atoms with Gasteiger partial charge in [0, 0.05) is 31.4 Å². The number of aromatic nitrogens is 1. The van der Waals surface area contributed by atoms with E-state index in [-0.39, 0.29) is 18.2 Å². The third-order valence-corrected chi connectivity index (χ3v) is 3.93. The van der Waals surface area contributed by atoms with Gasteiger partial charge in [0.05, 0.1) is 0 Å². The maximum atomic E-state index is 12.4. The molecule has 1 aromatic carbocycles. The second kappa shape index (κ2) is 7.05. The summed E-state index contributed by atoms with van der Waals surface area (Å²) in [5, 5.41) is 2.74. The summed E-state index contributed by atoms with van der Waals surface area (Å²) in [6.07, 6.45) is 3.84. The van der Waals surface area contributed by atoms with Crippen LogP contribution in [0.2, 0.25) is 0 Å². The van der Waals surface area contributed by atoms with Crippen molar-refractivity contribution in [3.05, 3.63) is 59.9 Å². The predicted octanol–water partition coefficient (Wildman–Crippen LogP) is 2.18. The van der Waals surface area contributed by atoms with Crippen LogP contribution in [0.25, 0.3) is 0 Å². The minimum atomic E-state index is -0.252. The molecule has 0 saturated heterocycles. The number of fused-ring (bicyclic) bond motifs is 1. The standard InChI is InChI=1S/C18H19N3O2/c22-17(10-12-20-18(23)15-8-3-4-11-19-15)21-13-5-7-14-6-1-2-9-16(14)21/h1-4,6,8-9,11H,5,7,10,12-13H2,(H,20,23). The SMILES string of the molecule is O=C(NCCC(=O)N1CCCc2ccccc21)c1ccccn1. The van der Waals surface area contributed by atoms with E-state index in [9.17, 15) is 9.59 Å². The van der Waals surface area contributed by atoms with Crippen LogP contribution >= 0.6 is 0 Å². The normalized spacial score (nSPS) is 13.3. The van der Waals surface area contributed by atoms with Crippen LogP contribution in [-0.4, -0.2) is 29.9 Å². The van der Waals surface area contributed by atoms with Gasteiger partial charge in [0.25, 0.3) is 5.91 Å². The van der Waals surface area contributed by atoms with Crippen LogP contribution in [0.3, 0.4) is 0 Å². The first-order valence-electron chi connectivity index (χ1n) is 7.83. The molecule has 118 valence electrons. The zero-order valence-electron chi connectivity index (χ0n) is 12.9. The predicted molar refractivity (Wildman–Crippen MR) is 88.3 cm³/mol. The van der Waals surface area contributed by atoms with Crippen LogP contribution < -0.4 is 10.2 Å². The van der Waals surface area contributed by atoms with Crippen LogP contribution in [0, 0.1) is 0 Å². The highest BCUT2D eigenvalue weighted by Gasteiger charge is 2.21. The van der Waals surface area contributed by atoms with Gasteiger partial charge < -0.3 is 10.2 Å². The molecule has 2 aromatic rings. The van der Waals surface area contributed by atoms with E-state index in [0.29, 0.717) is 12.2 Å². The van der Waals surface area contributed by atoms with Crippen molar-refractivity contribution in [1.29, 1.82) is 0 Å². The molecule has 2 heterocycles. The molecule has 2 amide bonds. The van der Waals surface area contributed by atoms with E-state index in [1.54, 1.807) is 24.4 Å². The number of hydrogen-bond donors (Lipinski definition) is 1. The van der Waals surface area contributed by atoms with Crippen LogP contribution in [0.15, 0.2) is 48.7 Å². The van der Waals surface area contributed by atoms with Gasteiger partial charge in [-0.3, -0.25) is 14.6 Å². The van der Waals surface area contributed by atoms with Gasteiger partial charge in [0.2, 0.25) is 5.91 Å². The summed E-state index contributed by atoms with van der Waals surface area (Å²) >= 11 is 0. The molecule has 5 nitrogen and oxygen atoms in total. The molecule has 5 heteroatoms. The lowest BCUT2D eigenvalue weighted by molar-refractivity contribution is -0.118. The third kappa shape index (κ3) is 3.56. The summed E-state index contributed by atoms with van der Waals surface area (Å²) in [5.74, 6) is -0.212. The summed E-state index contributed by atoms with van der Waals surface area (Å²) in [6.45, 7) is 1.05. The molecular weight excluding hydrogens is 290 g/mol. The van der Waals surface area contributed by atoms with Crippen LogP contribution in [-0.2, 0) is 11.2 Å². The van der Waals surface area contributed by atoms with Crippen molar-refractivity contribution in [3.8, 4) is 0 Å². The number of carbonyl (C=O) groups is 2. The van der Waals surface area contributed by atoms with Crippen molar-refractivity contribution in [3.63, 3.8) is 0 Å². The second-order valence-electron chi connectivity index (χ2n) is 5.50. The van der Waals surface area contributed by atoms with Crippen molar-refractivity contribution in [2.75, 3.05) is 18.0 Å². The topological polar surface area (TPSA) is 62.3 Å². The quantitative estimate of drug-likeness (QED) is 0.941. The van der Waals surface area contributed by atoms with E-state index >= 15 is 0 Å². The van der Waals surface area contributed by atoms with Crippen molar-refractivity contribution in [2.24, 2.45) is 0 Å². The molecule has 23 heavy (non-hydrogen) atoms. The zero-order chi connectivity index (χ0) is 16.1. The lowest BCUT2D eigenvalue weighted by Gasteiger charge is -2.29. The maximum Gasteiger partial charge on any atom is 0.269 e. The Morgan fingerprint density at radius 3 is 2.78 bits per heavy atom. The average molecular weight is 309 g/mol. The molecule has 1 aromatic heterocycles. The number of carbonyl (C=O) groups excluding carboxylic acids is 2. The summed E-state index contributed by atoms with van der Waals surface area (Å²) in [6, 6.07) is 13.2. The maximum absolute atomic E-state index is 12.4. The lowest BCUT2D eigenvalue weighted by Crippen LogP contribution is -2.37. The molecule has 1 N–H and O–H groups in total. The van der Waals surface area contributed by atoms with Crippen LogP contribution in [0.1, 0.15) is 28.9 Å². The van der Waals surface area contributed by atoms with Gasteiger partial charge in [-0.25, -0.2) is 0 Å². The molecule has 0 unspecified atom stereocenters. The summed E-state index contributed by atoms with van der Waals surface area (Å²) < 4.78 is 0. The largest absolute Gasteiger partial charge is 0.350 e. The molecule has 3 rings (SSSR count). The van der Waals surface area contributed by atoms with Gasteiger partial charge in [-0.1, -0.05) is 24.3 Å². The summed E-state index contributed by atoms with van der Waals surface area (Å²) in [5.41, 5.74) is 2.58. The van der Waals surface area contributed by atoms with Gasteiger partial charge in [0.1, 0.15) is 5.69 Å². The Balaban J connectivity index is 1.55. The van der Waals surface area contributed by atoms with E-state index in [2.05, 4.69) is 16.4 Å². The Kier molecular flexibility index (Phi) is 4.66. The molecule has 0 fully saturated rings. The van der Waals surface area contributed by atoms with Crippen molar-refractivity contribution in [1.82, 2.24) is 10.3 Å². The third-order valence-electron chi connectivity index (χ3n) is 3.93. The van der Waals surface area contributed by atoms with E-state index in [0.717, 1.165) is 25.1 Å². The Morgan fingerprint density at radius 2 is 1.96 bits per heavy atom. The monoisotopic (exact) mass is 309 g/mol. The number of hydrogen-bond acceptors (Lipinski definition) is 3. The average Bonchev–Trinajstić information content (AvgIpc) is 2.61. The fraction of sp³-hybridized carbons (Fsp3) is 0.278. The Bertz CT molecular complexity index is 700. The molecule has 0 spiro atoms. The summed E-state index contributed by atoms with van der Waals surface area (Å²) in [7, 11) is 0. The first kappa shape index (κ1) is 15.2. The minimum Gasteiger partial charge on any atom is -0.350 e. The fourth-order valence-electron chi connectivity index (χ4n) is 2.80. The van der Waals surface area contributed by atoms with E-state index in [1.165, 1.54) is 5.56 Å². The fourth-order valence-corrected chi connectivity index (χ4v) is 2.80. The molecule has 0 aliphatic carbocycles. The molecular formula is C18H19N3O2. The number of nitrogens with zero attached hydrogens (tertiary/aromatic N) is 2. The number of benzene rings is 1. The van der Waals surface area contributed by atoms with Crippen LogP contribution in [0.4, 0.5) is 5.69 Å². The first-order chi connectivity index (χ1) is 11.3. The highest BCUT2D eigenvalue weighted by molar-refractivity contribution is 5.96. The van der Waals surface area contributed by atoms with Crippen LogP contribution in [0.5, 0.6) is 0 Å². The van der Waals surface area contributed by atoms with E-state index < -0.39 is 0 Å². The molecule has 1 aliphatic heterocycles. The van der Waals surface area contributed by atoms with Crippen molar-refractivity contribution < 1.29 is 9.59 Å². The Labute approximate surface area is 135 Å². The zero-order valence-corrected chi connectivity index (χ0v) is 12.9. The van der Waals surface area contributed by atoms with Gasteiger partial charge in [-0.15, -0.1) is 0 Å². The van der Waals surface area contributed by atoms with E-state index in [1.807, 2.05) is 23.1 Å². The van der Waals surface area contributed by atoms with Crippen molar-refractivity contribution >= 4 is 17.5 Å². The van der Waals surface area contributed by atoms with Gasteiger partial charge in [0.15, 0.2) is 0 Å². The lowest BCUT2D eigenvalue weighted by atomic mass is 10.0. The molecule has 0 saturated carbocycles. The second-order valence-corrected chi connectivity index (χ2v) is 5.50. The summed E-state index contributed by atoms with van der Waals surface area (Å²) in [4.78, 5) is 30.2. The highest BCUT2D eigenvalue weighted by Crippen LogP contribution is 2.26. The first-order valence-corrected chi connectivity index (χ1v) is 7.83. The number of rotatable bonds is 4. The number of aryl methyl sites for hydroxylation is 1. The Hall–Kier alpha value is -2.69. The minimum absolute atomic E-state index is 0.0403. The van der Waals surface area contributed by atoms with E-state index in [4.69, 9.17) is 0 Å². The van der Waals surface area contributed by atoms with Gasteiger partial charge in [-0.05, 0) is 36.6 Å². The number of anilines is 1. The smallest absolute Gasteiger partial charge is 0.269 e. The molecule has 1 aliphatic rings. The number of amides is 2. The number of para-hydroxylation sites is 1.